The van der Waals surface area contributed by atoms with Gasteiger partial charge < -0.3 is 5.11 Å². The number of unbranched alkanes of at least 4 members (excludes halogenated alkanes) is 1. The second-order valence-electron chi connectivity index (χ2n) is 6.12. The van der Waals surface area contributed by atoms with Crippen molar-refractivity contribution in [3.05, 3.63) is 52.9 Å². The Hall–Kier alpha value is -2.18. The first kappa shape index (κ1) is 18.6. The number of hydrogen-bond donors (Lipinski definition) is 1. The average Bonchev–Trinajstić information content (AvgIpc) is 2.90. The van der Waals surface area contributed by atoms with Crippen LogP contribution in [0.2, 0.25) is 0 Å². The van der Waals surface area contributed by atoms with Crippen LogP contribution in [0.15, 0.2) is 47.4 Å². The Balaban J connectivity index is 1.95. The molecular formula is C20H19NO3S2. The molecule has 0 radical (unpaired) electrons. The van der Waals surface area contributed by atoms with Crippen molar-refractivity contribution in [3.63, 3.8) is 0 Å². The normalized spacial score (nSPS) is 17.3. The minimum atomic E-state index is -1.01. The van der Waals surface area contributed by atoms with E-state index in [4.69, 9.17) is 12.2 Å². The zero-order valence-corrected chi connectivity index (χ0v) is 16.0. The molecule has 6 heteroatoms. The number of thioether (sulfide) groups is 1. The van der Waals surface area contributed by atoms with Gasteiger partial charge in [0.25, 0.3) is 5.91 Å². The Labute approximate surface area is 161 Å². The van der Waals surface area contributed by atoms with E-state index < -0.39 is 12.0 Å². The quantitative estimate of drug-likeness (QED) is 0.578. The summed E-state index contributed by atoms with van der Waals surface area (Å²) < 4.78 is 0.310. The fourth-order valence-corrected chi connectivity index (χ4v) is 4.37. The van der Waals surface area contributed by atoms with E-state index in [1.807, 2.05) is 49.4 Å². The lowest BCUT2D eigenvalue weighted by Gasteiger charge is -2.22. The molecule has 0 aromatic heterocycles. The largest absolute Gasteiger partial charge is 0.480 e. The standard InChI is InChI=1S/C20H19NO3S2/c1-2-3-11-16(19(23)24)21-18(22)17(26-20(21)25)12-14-9-6-8-13-7-4-5-10-15(13)14/h4-10,12,16H,2-3,11H2,1H3,(H,23,24)/b17-12-/t16-/m1/s1. The first-order chi connectivity index (χ1) is 12.5. The van der Waals surface area contributed by atoms with Crippen molar-refractivity contribution in [2.24, 2.45) is 0 Å². The van der Waals surface area contributed by atoms with Gasteiger partial charge in [-0.25, -0.2) is 4.79 Å². The number of carboxylic acid groups (broad SMARTS) is 1. The molecule has 3 rings (SSSR count). The topological polar surface area (TPSA) is 57.6 Å². The third-order valence-electron chi connectivity index (χ3n) is 4.36. The highest BCUT2D eigenvalue weighted by molar-refractivity contribution is 8.26. The number of rotatable bonds is 6. The number of nitrogens with zero attached hydrogens (tertiary/aromatic N) is 1. The van der Waals surface area contributed by atoms with Gasteiger partial charge in [-0.05, 0) is 28.8 Å². The molecule has 1 atom stereocenters. The maximum absolute atomic E-state index is 12.9. The van der Waals surface area contributed by atoms with Crippen LogP contribution < -0.4 is 0 Å². The van der Waals surface area contributed by atoms with E-state index in [2.05, 4.69) is 0 Å². The maximum Gasteiger partial charge on any atom is 0.326 e. The van der Waals surface area contributed by atoms with Crippen molar-refractivity contribution in [3.8, 4) is 0 Å². The fraction of sp³-hybridized carbons (Fsp3) is 0.250. The number of benzene rings is 2. The Morgan fingerprint density at radius 1 is 1.27 bits per heavy atom. The van der Waals surface area contributed by atoms with E-state index >= 15 is 0 Å². The van der Waals surface area contributed by atoms with Crippen LogP contribution in [0.25, 0.3) is 16.8 Å². The summed E-state index contributed by atoms with van der Waals surface area (Å²) in [5, 5.41) is 11.7. The van der Waals surface area contributed by atoms with Gasteiger partial charge in [-0.3, -0.25) is 9.69 Å². The SMILES string of the molecule is CCCC[C@H](C(=O)O)N1C(=O)/C(=C/c2cccc3ccccc23)SC1=S. The Bertz CT molecular complexity index is 902. The first-order valence-corrected chi connectivity index (χ1v) is 9.73. The van der Waals surface area contributed by atoms with E-state index in [-0.39, 0.29) is 5.91 Å². The summed E-state index contributed by atoms with van der Waals surface area (Å²) in [5.74, 6) is -1.34. The number of thiocarbonyl (C=S) groups is 1. The summed E-state index contributed by atoms with van der Waals surface area (Å²) >= 11 is 6.49. The van der Waals surface area contributed by atoms with Gasteiger partial charge in [0.15, 0.2) is 0 Å². The summed E-state index contributed by atoms with van der Waals surface area (Å²) in [4.78, 5) is 26.2. The Kier molecular flexibility index (Phi) is 5.74. The summed E-state index contributed by atoms with van der Waals surface area (Å²) in [6.07, 6.45) is 3.81. The predicted octanol–water partition coefficient (Wildman–Crippen LogP) is 4.68. The van der Waals surface area contributed by atoms with Crippen LogP contribution in [-0.2, 0) is 9.59 Å². The molecule has 1 heterocycles. The molecule has 0 spiro atoms. The van der Waals surface area contributed by atoms with E-state index in [1.54, 1.807) is 6.08 Å². The first-order valence-electron chi connectivity index (χ1n) is 8.50. The number of carbonyl (C=O) groups is 2. The lowest BCUT2D eigenvalue weighted by Crippen LogP contribution is -2.43. The molecule has 1 amide bonds. The minimum Gasteiger partial charge on any atom is -0.480 e. The molecule has 0 bridgehead atoms. The monoisotopic (exact) mass is 385 g/mol. The van der Waals surface area contributed by atoms with Crippen LogP contribution >= 0.6 is 24.0 Å². The Morgan fingerprint density at radius 2 is 2.00 bits per heavy atom. The lowest BCUT2D eigenvalue weighted by atomic mass is 10.0. The van der Waals surface area contributed by atoms with Crippen molar-refractivity contribution < 1.29 is 14.7 Å². The van der Waals surface area contributed by atoms with Gasteiger partial charge >= 0.3 is 5.97 Å². The molecule has 2 aromatic carbocycles. The molecule has 1 aliphatic rings. The highest BCUT2D eigenvalue weighted by atomic mass is 32.2. The number of fused-ring (bicyclic) bond motifs is 1. The summed E-state index contributed by atoms with van der Waals surface area (Å²) in [7, 11) is 0. The predicted molar refractivity (Wildman–Crippen MR) is 110 cm³/mol. The minimum absolute atomic E-state index is 0.310. The number of carbonyl (C=O) groups excluding carboxylic acids is 1. The molecular weight excluding hydrogens is 366 g/mol. The molecule has 2 aromatic rings. The summed E-state index contributed by atoms with van der Waals surface area (Å²) in [6.45, 7) is 1.99. The lowest BCUT2D eigenvalue weighted by molar-refractivity contribution is -0.145. The molecule has 1 N–H and O–H groups in total. The summed E-state index contributed by atoms with van der Waals surface area (Å²) in [5.41, 5.74) is 0.920. The van der Waals surface area contributed by atoms with Crippen LogP contribution in [0, 0.1) is 0 Å². The molecule has 1 aliphatic heterocycles. The highest BCUT2D eigenvalue weighted by Gasteiger charge is 2.40. The molecule has 1 saturated heterocycles. The van der Waals surface area contributed by atoms with Gasteiger partial charge in [0.05, 0.1) is 4.91 Å². The molecule has 0 unspecified atom stereocenters. The van der Waals surface area contributed by atoms with Crippen LogP contribution in [0.3, 0.4) is 0 Å². The van der Waals surface area contributed by atoms with Gasteiger partial charge in [-0.1, -0.05) is 86.2 Å². The number of aliphatic carboxylic acids is 1. The number of hydrogen-bond acceptors (Lipinski definition) is 4. The van der Waals surface area contributed by atoms with Crippen molar-refractivity contribution in [1.82, 2.24) is 4.90 Å². The van der Waals surface area contributed by atoms with Crippen LogP contribution in [0.1, 0.15) is 31.7 Å². The van der Waals surface area contributed by atoms with Crippen LogP contribution in [0.4, 0.5) is 0 Å². The molecule has 0 aliphatic carbocycles. The van der Waals surface area contributed by atoms with Crippen molar-refractivity contribution in [2.75, 3.05) is 0 Å². The fourth-order valence-electron chi connectivity index (χ4n) is 3.03. The maximum atomic E-state index is 12.9. The van der Waals surface area contributed by atoms with Gasteiger partial charge in [0.2, 0.25) is 0 Å². The highest BCUT2D eigenvalue weighted by Crippen LogP contribution is 2.36. The second-order valence-corrected chi connectivity index (χ2v) is 7.79. The third-order valence-corrected chi connectivity index (χ3v) is 5.69. The van der Waals surface area contributed by atoms with Crippen molar-refractivity contribution >= 4 is 57.0 Å². The second kappa shape index (κ2) is 8.01. The van der Waals surface area contributed by atoms with Crippen molar-refractivity contribution in [1.29, 1.82) is 0 Å². The molecule has 1 fully saturated rings. The van der Waals surface area contributed by atoms with E-state index in [0.29, 0.717) is 15.6 Å². The van der Waals surface area contributed by atoms with Crippen LogP contribution in [0.5, 0.6) is 0 Å². The molecule has 134 valence electrons. The van der Waals surface area contributed by atoms with E-state index in [9.17, 15) is 14.7 Å². The van der Waals surface area contributed by atoms with Crippen LogP contribution in [-0.4, -0.2) is 32.2 Å². The number of carboxylic acids is 1. The average molecular weight is 386 g/mol. The smallest absolute Gasteiger partial charge is 0.326 e. The zero-order chi connectivity index (χ0) is 18.7. The van der Waals surface area contributed by atoms with E-state index in [1.165, 1.54) is 16.7 Å². The van der Waals surface area contributed by atoms with Gasteiger partial charge in [-0.2, -0.15) is 0 Å². The third kappa shape index (κ3) is 3.66. The zero-order valence-electron chi connectivity index (χ0n) is 14.3. The Morgan fingerprint density at radius 3 is 2.73 bits per heavy atom. The molecule has 0 saturated carbocycles. The number of amides is 1. The molecule has 4 nitrogen and oxygen atoms in total. The summed E-state index contributed by atoms with van der Waals surface area (Å²) in [6, 6.07) is 12.9. The van der Waals surface area contributed by atoms with Gasteiger partial charge in [-0.15, -0.1) is 0 Å². The van der Waals surface area contributed by atoms with Gasteiger partial charge in [0, 0.05) is 0 Å². The molecule has 26 heavy (non-hydrogen) atoms. The van der Waals surface area contributed by atoms with E-state index in [0.717, 1.165) is 29.2 Å². The van der Waals surface area contributed by atoms with Gasteiger partial charge in [0.1, 0.15) is 10.4 Å². The van der Waals surface area contributed by atoms with Crippen molar-refractivity contribution in [2.45, 2.75) is 32.2 Å².